The van der Waals surface area contributed by atoms with Gasteiger partial charge in [0.2, 0.25) is 6.10 Å². The van der Waals surface area contributed by atoms with Crippen LogP contribution in [0.25, 0.3) is 0 Å². The zero-order chi connectivity index (χ0) is 17.1. The third-order valence-electron chi connectivity index (χ3n) is 3.48. The van der Waals surface area contributed by atoms with E-state index in [-0.39, 0.29) is 23.6 Å². The van der Waals surface area contributed by atoms with Gasteiger partial charge in [-0.05, 0) is 37.3 Å². The van der Waals surface area contributed by atoms with E-state index in [1.807, 2.05) is 6.07 Å². The summed E-state index contributed by atoms with van der Waals surface area (Å²) < 4.78 is 24.3. The highest BCUT2D eigenvalue weighted by atomic mass is 19.1. The van der Waals surface area contributed by atoms with Crippen LogP contribution in [0.5, 0.6) is 17.2 Å². The summed E-state index contributed by atoms with van der Waals surface area (Å²) in [4.78, 5) is 12.1. The zero-order valence-electron chi connectivity index (χ0n) is 12.8. The van der Waals surface area contributed by atoms with Gasteiger partial charge in [0.1, 0.15) is 18.2 Å². The predicted octanol–water partition coefficient (Wildman–Crippen LogP) is 2.21. The monoisotopic (exact) mass is 330 g/mol. The van der Waals surface area contributed by atoms with Crippen molar-refractivity contribution in [3.05, 3.63) is 53.8 Å². The van der Waals surface area contributed by atoms with Gasteiger partial charge in [-0.15, -0.1) is 0 Å². The van der Waals surface area contributed by atoms with Crippen LogP contribution in [-0.2, 0) is 4.79 Å². The molecule has 2 aromatic carbocycles. The molecule has 0 saturated heterocycles. The summed E-state index contributed by atoms with van der Waals surface area (Å²) in [5.41, 5.74) is 2.80. The summed E-state index contributed by atoms with van der Waals surface area (Å²) in [6, 6.07) is 10.5. The molecular weight excluding hydrogens is 315 g/mol. The van der Waals surface area contributed by atoms with Gasteiger partial charge in [0.05, 0.1) is 5.71 Å². The van der Waals surface area contributed by atoms with Crippen molar-refractivity contribution >= 4 is 11.6 Å². The molecule has 6 nitrogen and oxygen atoms in total. The second-order valence-corrected chi connectivity index (χ2v) is 5.20. The summed E-state index contributed by atoms with van der Waals surface area (Å²) in [6.45, 7) is 1.60. The number of benzene rings is 2. The number of carbonyl (C=O) groups excluding carboxylic acids is 1. The Morgan fingerprint density at radius 1 is 1.29 bits per heavy atom. The Kier molecular flexibility index (Phi) is 4.33. The van der Waals surface area contributed by atoms with E-state index in [9.17, 15) is 14.3 Å². The van der Waals surface area contributed by atoms with Crippen LogP contribution in [0.2, 0.25) is 0 Å². The lowest BCUT2D eigenvalue weighted by Gasteiger charge is -2.24. The Morgan fingerprint density at radius 3 is 2.83 bits per heavy atom. The lowest BCUT2D eigenvalue weighted by atomic mass is 10.1. The Morgan fingerprint density at radius 2 is 2.04 bits per heavy atom. The van der Waals surface area contributed by atoms with E-state index in [1.54, 1.807) is 25.1 Å². The predicted molar refractivity (Wildman–Crippen MR) is 84.8 cm³/mol. The van der Waals surface area contributed by atoms with Crippen LogP contribution in [0.1, 0.15) is 12.5 Å². The first-order valence-electron chi connectivity index (χ1n) is 7.26. The van der Waals surface area contributed by atoms with E-state index in [2.05, 4.69) is 10.5 Å². The molecule has 0 radical (unpaired) electrons. The van der Waals surface area contributed by atoms with Crippen molar-refractivity contribution in [2.24, 2.45) is 5.10 Å². The van der Waals surface area contributed by atoms with Crippen LogP contribution >= 0.6 is 0 Å². The normalized spacial score (nSPS) is 16.6. The van der Waals surface area contributed by atoms with Gasteiger partial charge in [0, 0.05) is 5.56 Å². The van der Waals surface area contributed by atoms with E-state index in [0.29, 0.717) is 11.5 Å². The lowest BCUT2D eigenvalue weighted by molar-refractivity contribution is -0.130. The molecule has 0 aromatic heterocycles. The number of rotatable bonds is 3. The van der Waals surface area contributed by atoms with E-state index < -0.39 is 17.8 Å². The molecule has 124 valence electrons. The molecule has 7 heteroatoms. The third-order valence-corrected chi connectivity index (χ3v) is 3.48. The lowest BCUT2D eigenvalue weighted by Crippen LogP contribution is -2.42. The summed E-state index contributed by atoms with van der Waals surface area (Å²) in [5, 5.41) is 13.6. The maximum atomic E-state index is 13.2. The first-order chi connectivity index (χ1) is 11.5. The number of hydrogen-bond acceptors (Lipinski definition) is 5. The number of carbonyl (C=O) groups is 1. The largest absolute Gasteiger partial charge is 0.507 e. The number of ether oxygens (including phenoxy) is 2. The molecule has 0 bridgehead atoms. The number of halogens is 1. The molecular formula is C17H15FN2O4. The maximum absolute atomic E-state index is 13.2. The number of hydrogen-bond donors (Lipinski definition) is 2. The number of para-hydroxylation sites is 2. The molecule has 1 heterocycles. The number of phenols is 1. The van der Waals surface area contributed by atoms with Crippen molar-refractivity contribution in [1.82, 2.24) is 5.43 Å². The average molecular weight is 330 g/mol. The van der Waals surface area contributed by atoms with E-state index in [4.69, 9.17) is 9.47 Å². The van der Waals surface area contributed by atoms with E-state index in [1.165, 1.54) is 6.07 Å². The second kappa shape index (κ2) is 6.57. The SMILES string of the molecule is C/C(=N/NC(=O)C1COc2ccccc2O1)c1cc(F)ccc1O. The van der Waals surface area contributed by atoms with Crippen LogP contribution in [-0.4, -0.2) is 29.4 Å². The fourth-order valence-corrected chi connectivity index (χ4v) is 2.22. The van der Waals surface area contributed by atoms with Gasteiger partial charge >= 0.3 is 0 Å². The van der Waals surface area contributed by atoms with Crippen LogP contribution in [0, 0.1) is 5.82 Å². The molecule has 1 atom stereocenters. The molecule has 0 spiro atoms. The molecule has 2 N–H and O–H groups in total. The van der Waals surface area contributed by atoms with Crippen LogP contribution in [0.3, 0.4) is 0 Å². The van der Waals surface area contributed by atoms with Gasteiger partial charge in [-0.2, -0.15) is 5.10 Å². The van der Waals surface area contributed by atoms with Gasteiger partial charge < -0.3 is 14.6 Å². The van der Waals surface area contributed by atoms with E-state index in [0.717, 1.165) is 12.1 Å². The minimum atomic E-state index is -0.849. The van der Waals surface area contributed by atoms with E-state index >= 15 is 0 Å². The third kappa shape index (κ3) is 3.29. The fraction of sp³-hybridized carbons (Fsp3) is 0.176. The van der Waals surface area contributed by atoms with Gasteiger partial charge in [0.15, 0.2) is 11.5 Å². The number of aromatic hydroxyl groups is 1. The van der Waals surface area contributed by atoms with Crippen molar-refractivity contribution in [3.63, 3.8) is 0 Å². The first-order valence-corrected chi connectivity index (χ1v) is 7.26. The van der Waals surface area contributed by atoms with Crippen molar-refractivity contribution in [3.8, 4) is 17.2 Å². The summed E-state index contributed by atoms with van der Waals surface area (Å²) in [6.07, 6.45) is -0.849. The molecule has 0 fully saturated rings. The highest BCUT2D eigenvalue weighted by molar-refractivity contribution is 6.01. The summed E-state index contributed by atoms with van der Waals surface area (Å²) >= 11 is 0. The minimum Gasteiger partial charge on any atom is -0.507 e. The van der Waals surface area contributed by atoms with Gasteiger partial charge in [-0.3, -0.25) is 4.79 Å². The van der Waals surface area contributed by atoms with Crippen molar-refractivity contribution in [2.75, 3.05) is 6.61 Å². The summed E-state index contributed by atoms with van der Waals surface area (Å²) in [5.74, 6) is -0.0830. The fourth-order valence-electron chi connectivity index (χ4n) is 2.22. The molecule has 1 amide bonds. The number of nitrogens with one attached hydrogen (secondary N) is 1. The molecule has 0 saturated carbocycles. The van der Waals surface area contributed by atoms with Crippen molar-refractivity contribution in [1.29, 1.82) is 0 Å². The molecule has 0 aliphatic carbocycles. The zero-order valence-corrected chi connectivity index (χ0v) is 12.8. The van der Waals surface area contributed by atoms with Crippen LogP contribution in [0.15, 0.2) is 47.6 Å². The molecule has 3 rings (SSSR count). The highest BCUT2D eigenvalue weighted by Gasteiger charge is 2.27. The topological polar surface area (TPSA) is 80.2 Å². The molecule has 1 unspecified atom stereocenters. The Balaban J connectivity index is 1.68. The second-order valence-electron chi connectivity index (χ2n) is 5.20. The average Bonchev–Trinajstić information content (AvgIpc) is 2.61. The smallest absolute Gasteiger partial charge is 0.284 e. The number of phenolic OH excluding ortho intramolecular Hbond substituents is 1. The maximum Gasteiger partial charge on any atom is 0.284 e. The Labute approximate surface area is 137 Å². The van der Waals surface area contributed by atoms with Gasteiger partial charge in [-0.1, -0.05) is 12.1 Å². The molecule has 24 heavy (non-hydrogen) atoms. The first kappa shape index (κ1) is 15.8. The van der Waals surface area contributed by atoms with Gasteiger partial charge in [-0.25, -0.2) is 9.82 Å². The molecule has 2 aromatic rings. The highest BCUT2D eigenvalue weighted by Crippen LogP contribution is 2.30. The number of hydrazone groups is 1. The number of fused-ring (bicyclic) bond motifs is 1. The number of amides is 1. The Hall–Kier alpha value is -3.09. The standard InChI is InChI=1S/C17H15FN2O4/c1-10(12-8-11(18)6-7-13(12)21)19-20-17(22)16-9-23-14-4-2-3-5-15(14)24-16/h2-8,16,21H,9H2,1H3,(H,20,22)/b19-10-. The quantitative estimate of drug-likeness (QED) is 0.668. The molecule has 1 aliphatic heterocycles. The summed E-state index contributed by atoms with van der Waals surface area (Å²) in [7, 11) is 0. The van der Waals surface area contributed by atoms with Crippen molar-refractivity contribution in [2.45, 2.75) is 13.0 Å². The minimum absolute atomic E-state index is 0.0582. The van der Waals surface area contributed by atoms with Gasteiger partial charge in [0.25, 0.3) is 5.91 Å². The molecule has 1 aliphatic rings. The van der Waals surface area contributed by atoms with Crippen molar-refractivity contribution < 1.29 is 23.8 Å². The van der Waals surface area contributed by atoms with Crippen LogP contribution in [0.4, 0.5) is 4.39 Å². The van der Waals surface area contributed by atoms with Crippen LogP contribution < -0.4 is 14.9 Å². The number of nitrogens with zero attached hydrogens (tertiary/aromatic N) is 1. The Bertz CT molecular complexity index is 807.